The van der Waals surface area contributed by atoms with Gasteiger partial charge in [-0.25, -0.2) is 14.8 Å². The van der Waals surface area contributed by atoms with Gasteiger partial charge in [-0.05, 0) is 56.8 Å². The van der Waals surface area contributed by atoms with Crippen molar-refractivity contribution in [2.45, 2.75) is 30.8 Å². The number of hydrogen-bond acceptors (Lipinski definition) is 6. The lowest BCUT2D eigenvalue weighted by atomic mass is 10.2. The number of nitrogens with zero attached hydrogens (tertiary/aromatic N) is 2. The molecule has 21 heavy (non-hydrogen) atoms. The van der Waals surface area contributed by atoms with Crippen LogP contribution in [0.25, 0.3) is 0 Å². The van der Waals surface area contributed by atoms with Crippen LogP contribution >= 0.6 is 11.8 Å². The van der Waals surface area contributed by atoms with Crippen molar-refractivity contribution in [2.75, 3.05) is 12.3 Å². The molecular weight excluding hydrogens is 286 g/mol. The Kier molecular flexibility index (Phi) is 4.80. The minimum absolute atomic E-state index is 0.339. The highest BCUT2D eigenvalue weighted by atomic mass is 32.2. The molecule has 0 fully saturated rings. The van der Waals surface area contributed by atoms with Crippen molar-refractivity contribution in [3.63, 3.8) is 0 Å². The number of nitrogens with two attached hydrogens (primary N) is 1. The number of esters is 1. The quantitative estimate of drug-likeness (QED) is 0.531. The highest BCUT2D eigenvalue weighted by Crippen LogP contribution is 2.30. The summed E-state index contributed by atoms with van der Waals surface area (Å²) in [5, 5.41) is 0.642. The lowest BCUT2D eigenvalue weighted by molar-refractivity contribution is 0.0526. The molecule has 0 unspecified atom stereocenters. The van der Waals surface area contributed by atoms with E-state index in [1.807, 2.05) is 19.9 Å². The van der Waals surface area contributed by atoms with Crippen LogP contribution < -0.4 is 5.73 Å². The Balaban J connectivity index is 2.23. The highest BCUT2D eigenvalue weighted by molar-refractivity contribution is 7.99. The number of rotatable bonds is 4. The van der Waals surface area contributed by atoms with Crippen molar-refractivity contribution in [1.82, 2.24) is 9.97 Å². The van der Waals surface area contributed by atoms with E-state index in [9.17, 15) is 4.79 Å². The monoisotopic (exact) mass is 303 g/mol. The second kappa shape index (κ2) is 6.58. The number of ether oxygens (including phenoxy) is 1. The molecule has 2 N–H and O–H groups in total. The van der Waals surface area contributed by atoms with E-state index < -0.39 is 0 Å². The van der Waals surface area contributed by atoms with Crippen molar-refractivity contribution in [3.05, 3.63) is 41.2 Å². The molecule has 0 radical (unpaired) electrons. The fraction of sp³-hybridized carbons (Fsp3) is 0.267. The molecule has 1 aromatic carbocycles. The van der Waals surface area contributed by atoms with Crippen molar-refractivity contribution in [3.8, 4) is 0 Å². The zero-order valence-corrected chi connectivity index (χ0v) is 13.0. The molecule has 1 aromatic heterocycles. The minimum Gasteiger partial charge on any atom is -0.462 e. The first-order valence-electron chi connectivity index (χ1n) is 6.56. The average molecular weight is 303 g/mol. The van der Waals surface area contributed by atoms with E-state index in [1.54, 1.807) is 25.1 Å². The van der Waals surface area contributed by atoms with Gasteiger partial charge in [0.05, 0.1) is 12.2 Å². The summed E-state index contributed by atoms with van der Waals surface area (Å²) in [7, 11) is 0. The third-order valence-corrected chi connectivity index (χ3v) is 3.64. The van der Waals surface area contributed by atoms with Gasteiger partial charge in [0.25, 0.3) is 0 Å². The van der Waals surface area contributed by atoms with E-state index >= 15 is 0 Å². The lowest BCUT2D eigenvalue weighted by Gasteiger charge is -2.08. The van der Waals surface area contributed by atoms with Gasteiger partial charge >= 0.3 is 5.97 Å². The molecule has 0 saturated heterocycles. The van der Waals surface area contributed by atoms with E-state index in [4.69, 9.17) is 10.5 Å². The van der Waals surface area contributed by atoms with Crippen LogP contribution in [0.2, 0.25) is 0 Å². The predicted molar refractivity (Wildman–Crippen MR) is 82.4 cm³/mol. The molecule has 0 aliphatic carbocycles. The summed E-state index contributed by atoms with van der Waals surface area (Å²) in [5.41, 5.74) is 8.77. The van der Waals surface area contributed by atoms with E-state index in [2.05, 4.69) is 9.97 Å². The van der Waals surface area contributed by atoms with Gasteiger partial charge in [0, 0.05) is 22.0 Å². The number of nitrogen functional groups attached to an aromatic ring is 1. The molecule has 0 spiro atoms. The fourth-order valence-corrected chi connectivity index (χ4v) is 2.71. The minimum atomic E-state index is -0.372. The molecule has 110 valence electrons. The Morgan fingerprint density at radius 2 is 1.90 bits per heavy atom. The molecule has 1 heterocycles. The maximum absolute atomic E-state index is 11.6. The number of hydrogen-bond donors (Lipinski definition) is 1. The Morgan fingerprint density at radius 1 is 1.24 bits per heavy atom. The standard InChI is InChI=1S/C15H17N3O2S/c1-4-20-14(19)11-5-6-13(12(16)8-11)21-15-17-9(2)7-10(3)18-15/h5-8H,4,16H2,1-3H3. The Labute approximate surface area is 127 Å². The molecular formula is C15H17N3O2S. The van der Waals surface area contributed by atoms with Crippen molar-refractivity contribution >= 4 is 23.4 Å². The van der Waals surface area contributed by atoms with Gasteiger partial charge in [-0.15, -0.1) is 0 Å². The SMILES string of the molecule is CCOC(=O)c1ccc(Sc2nc(C)cc(C)n2)c(N)c1. The maximum Gasteiger partial charge on any atom is 0.338 e. The number of benzene rings is 1. The van der Waals surface area contributed by atoms with Crippen LogP contribution in [0.3, 0.4) is 0 Å². The van der Waals surface area contributed by atoms with Crippen molar-refractivity contribution in [1.29, 1.82) is 0 Å². The van der Waals surface area contributed by atoms with Gasteiger partial charge in [-0.3, -0.25) is 0 Å². The average Bonchev–Trinajstić information content (AvgIpc) is 2.40. The third kappa shape index (κ3) is 3.95. The van der Waals surface area contributed by atoms with Gasteiger partial charge in [0.15, 0.2) is 5.16 Å². The smallest absolute Gasteiger partial charge is 0.338 e. The summed E-state index contributed by atoms with van der Waals surface area (Å²) < 4.78 is 4.95. The summed E-state index contributed by atoms with van der Waals surface area (Å²) >= 11 is 1.38. The molecule has 5 nitrogen and oxygen atoms in total. The summed E-state index contributed by atoms with van der Waals surface area (Å²) in [5.74, 6) is -0.372. The van der Waals surface area contributed by atoms with E-state index in [1.165, 1.54) is 11.8 Å². The van der Waals surface area contributed by atoms with Crippen LogP contribution in [0.5, 0.6) is 0 Å². The molecule has 0 amide bonds. The summed E-state index contributed by atoms with van der Waals surface area (Å²) in [6, 6.07) is 7.01. The normalized spacial score (nSPS) is 10.4. The largest absolute Gasteiger partial charge is 0.462 e. The summed E-state index contributed by atoms with van der Waals surface area (Å²) in [4.78, 5) is 21.2. The molecule has 6 heteroatoms. The van der Waals surface area contributed by atoms with Crippen molar-refractivity contribution < 1.29 is 9.53 Å². The van der Waals surface area contributed by atoms with E-state index in [0.29, 0.717) is 23.0 Å². The topological polar surface area (TPSA) is 78.1 Å². The fourth-order valence-electron chi connectivity index (χ4n) is 1.82. The Bertz CT molecular complexity index is 654. The van der Waals surface area contributed by atoms with Crippen molar-refractivity contribution in [2.24, 2.45) is 0 Å². The van der Waals surface area contributed by atoms with Crippen LogP contribution in [0.15, 0.2) is 34.3 Å². The molecule has 0 aliphatic heterocycles. The number of anilines is 1. The summed E-state index contributed by atoms with van der Waals surface area (Å²) in [6.07, 6.45) is 0. The van der Waals surface area contributed by atoms with Crippen LogP contribution in [0.1, 0.15) is 28.7 Å². The van der Waals surface area contributed by atoms with E-state index in [-0.39, 0.29) is 5.97 Å². The first-order chi connectivity index (χ1) is 9.99. The van der Waals surface area contributed by atoms with E-state index in [0.717, 1.165) is 16.3 Å². The molecule has 0 saturated carbocycles. The van der Waals surface area contributed by atoms with Gasteiger partial charge < -0.3 is 10.5 Å². The van der Waals surface area contributed by atoms with Gasteiger partial charge in [-0.1, -0.05) is 0 Å². The molecule has 0 aliphatic rings. The Morgan fingerprint density at radius 3 is 2.48 bits per heavy atom. The van der Waals surface area contributed by atoms with Gasteiger partial charge in [0.1, 0.15) is 0 Å². The zero-order chi connectivity index (χ0) is 15.4. The third-order valence-electron chi connectivity index (χ3n) is 2.68. The molecule has 0 bridgehead atoms. The lowest BCUT2D eigenvalue weighted by Crippen LogP contribution is -2.05. The highest BCUT2D eigenvalue weighted by Gasteiger charge is 2.11. The van der Waals surface area contributed by atoms with Crippen LogP contribution in [-0.2, 0) is 4.74 Å². The van der Waals surface area contributed by atoms with Crippen LogP contribution in [0.4, 0.5) is 5.69 Å². The zero-order valence-electron chi connectivity index (χ0n) is 12.2. The second-order valence-electron chi connectivity index (χ2n) is 4.51. The second-order valence-corrected chi connectivity index (χ2v) is 5.52. The molecule has 0 atom stereocenters. The van der Waals surface area contributed by atoms with Gasteiger partial charge in [0.2, 0.25) is 0 Å². The first kappa shape index (κ1) is 15.3. The maximum atomic E-state index is 11.6. The number of carbonyl (C=O) groups is 1. The number of aryl methyl sites for hydroxylation is 2. The Hall–Kier alpha value is -2.08. The summed E-state index contributed by atoms with van der Waals surface area (Å²) in [6.45, 7) is 5.95. The number of aromatic nitrogens is 2. The van der Waals surface area contributed by atoms with Crippen LogP contribution in [-0.4, -0.2) is 22.5 Å². The first-order valence-corrected chi connectivity index (χ1v) is 7.38. The number of carbonyl (C=O) groups excluding carboxylic acids is 1. The predicted octanol–water partition coefficient (Wildman–Crippen LogP) is 3.00. The van der Waals surface area contributed by atoms with Gasteiger partial charge in [-0.2, -0.15) is 0 Å². The molecule has 2 aromatic rings. The molecule has 2 rings (SSSR count). The van der Waals surface area contributed by atoms with Crippen LogP contribution in [0, 0.1) is 13.8 Å².